The minimum atomic E-state index is -0.693. The fourth-order valence-corrected chi connectivity index (χ4v) is 3.51. The van der Waals surface area contributed by atoms with Gasteiger partial charge in [-0.3, -0.25) is 9.59 Å². The summed E-state index contributed by atoms with van der Waals surface area (Å²) in [7, 11) is 1.50. The molecular weight excluding hydrogens is 348 g/mol. The molecule has 2 atom stereocenters. The molecule has 0 aliphatic carbocycles. The molecule has 0 bridgehead atoms. The summed E-state index contributed by atoms with van der Waals surface area (Å²) in [6, 6.07) is 12.2. The van der Waals surface area contributed by atoms with Crippen molar-refractivity contribution in [2.75, 3.05) is 19.0 Å². The van der Waals surface area contributed by atoms with E-state index in [0.717, 1.165) is 5.56 Å². The number of nitrogens with one attached hydrogen (secondary N) is 1. The standard InChI is InChI=1S/C20H20N2O5/c1-26-17-8-14-15(9-18(17)27-11-12-5-3-2-4-6-12)21-19(24)16-7-13(23)10-22(16)20(14)25/h2-6,8-9,13,16,23H,7,10-11H2,1H3,(H,21,24). The van der Waals surface area contributed by atoms with Crippen molar-refractivity contribution in [2.45, 2.75) is 25.2 Å². The molecule has 0 saturated carbocycles. The molecule has 4 rings (SSSR count). The van der Waals surface area contributed by atoms with Crippen LogP contribution in [0.5, 0.6) is 11.5 Å². The zero-order valence-corrected chi connectivity index (χ0v) is 14.8. The topological polar surface area (TPSA) is 88.1 Å². The van der Waals surface area contributed by atoms with Gasteiger partial charge in [-0.25, -0.2) is 0 Å². The van der Waals surface area contributed by atoms with Crippen molar-refractivity contribution in [3.05, 3.63) is 53.6 Å². The van der Waals surface area contributed by atoms with E-state index in [2.05, 4.69) is 5.32 Å². The van der Waals surface area contributed by atoms with Gasteiger partial charge in [0.1, 0.15) is 12.6 Å². The molecular formula is C20H20N2O5. The summed E-state index contributed by atoms with van der Waals surface area (Å²) in [6.07, 6.45) is -0.457. The molecule has 0 radical (unpaired) electrons. The average Bonchev–Trinajstić information content (AvgIpc) is 3.05. The molecule has 2 aliphatic heterocycles. The number of carbonyl (C=O) groups is 2. The maximum Gasteiger partial charge on any atom is 0.256 e. The van der Waals surface area contributed by atoms with Crippen molar-refractivity contribution in [3.8, 4) is 11.5 Å². The third-order valence-corrected chi connectivity index (χ3v) is 4.87. The van der Waals surface area contributed by atoms with Crippen molar-refractivity contribution in [1.82, 2.24) is 4.90 Å². The molecule has 2 unspecified atom stereocenters. The first kappa shape index (κ1) is 17.4. The number of hydrogen-bond acceptors (Lipinski definition) is 5. The number of amides is 2. The summed E-state index contributed by atoms with van der Waals surface area (Å²) in [4.78, 5) is 26.8. The Hall–Kier alpha value is -3.06. The molecule has 1 fully saturated rings. The van der Waals surface area contributed by atoms with E-state index in [-0.39, 0.29) is 24.8 Å². The predicted molar refractivity (Wildman–Crippen MR) is 97.8 cm³/mol. The van der Waals surface area contributed by atoms with Crippen LogP contribution in [-0.2, 0) is 11.4 Å². The zero-order chi connectivity index (χ0) is 19.0. The van der Waals surface area contributed by atoms with Gasteiger partial charge in [0.15, 0.2) is 11.5 Å². The van der Waals surface area contributed by atoms with Gasteiger partial charge < -0.3 is 24.8 Å². The Morgan fingerprint density at radius 1 is 1.19 bits per heavy atom. The number of carbonyl (C=O) groups excluding carboxylic acids is 2. The van der Waals surface area contributed by atoms with Gasteiger partial charge in [-0.1, -0.05) is 30.3 Å². The number of ether oxygens (including phenoxy) is 2. The van der Waals surface area contributed by atoms with Crippen LogP contribution < -0.4 is 14.8 Å². The summed E-state index contributed by atoms with van der Waals surface area (Å²) in [5, 5.41) is 12.6. The van der Waals surface area contributed by atoms with Crippen molar-refractivity contribution in [2.24, 2.45) is 0 Å². The lowest BCUT2D eigenvalue weighted by atomic mass is 10.1. The van der Waals surface area contributed by atoms with Crippen molar-refractivity contribution in [1.29, 1.82) is 0 Å². The normalized spacial score (nSPS) is 21.2. The molecule has 0 aromatic heterocycles. The van der Waals surface area contributed by atoms with E-state index in [1.807, 2.05) is 30.3 Å². The Kier molecular flexibility index (Phi) is 4.45. The van der Waals surface area contributed by atoms with Crippen LogP contribution in [-0.4, -0.2) is 47.6 Å². The van der Waals surface area contributed by atoms with Gasteiger partial charge in [0.05, 0.1) is 24.5 Å². The number of benzene rings is 2. The quantitative estimate of drug-likeness (QED) is 0.859. The summed E-state index contributed by atoms with van der Waals surface area (Å²) in [5.74, 6) is 0.233. The Morgan fingerprint density at radius 2 is 1.96 bits per heavy atom. The van der Waals surface area contributed by atoms with Crippen LogP contribution >= 0.6 is 0 Å². The number of fused-ring (bicyclic) bond motifs is 2. The van der Waals surface area contributed by atoms with Gasteiger partial charge in [-0.2, -0.15) is 0 Å². The molecule has 0 spiro atoms. The highest BCUT2D eigenvalue weighted by Crippen LogP contribution is 2.37. The van der Waals surface area contributed by atoms with Gasteiger partial charge in [0, 0.05) is 19.0 Å². The Labute approximate surface area is 156 Å². The number of anilines is 1. The molecule has 1 saturated heterocycles. The molecule has 140 valence electrons. The molecule has 2 heterocycles. The Bertz CT molecular complexity index is 883. The van der Waals surface area contributed by atoms with Crippen LogP contribution in [0.15, 0.2) is 42.5 Å². The molecule has 2 aromatic carbocycles. The highest BCUT2D eigenvalue weighted by molar-refractivity contribution is 6.10. The number of rotatable bonds is 4. The molecule has 27 heavy (non-hydrogen) atoms. The van der Waals surface area contributed by atoms with Crippen molar-refractivity contribution < 1.29 is 24.2 Å². The number of aliphatic hydroxyl groups is 1. The van der Waals surface area contributed by atoms with E-state index in [4.69, 9.17) is 9.47 Å². The van der Waals surface area contributed by atoms with E-state index in [1.54, 1.807) is 12.1 Å². The van der Waals surface area contributed by atoms with Crippen LogP contribution in [0.4, 0.5) is 5.69 Å². The van der Waals surface area contributed by atoms with Gasteiger partial charge in [-0.15, -0.1) is 0 Å². The van der Waals surface area contributed by atoms with E-state index in [0.29, 0.717) is 29.4 Å². The number of hydrogen-bond donors (Lipinski definition) is 2. The third kappa shape index (κ3) is 3.21. The lowest BCUT2D eigenvalue weighted by molar-refractivity contribution is -0.119. The van der Waals surface area contributed by atoms with Crippen molar-refractivity contribution >= 4 is 17.5 Å². The molecule has 2 amide bonds. The highest BCUT2D eigenvalue weighted by Gasteiger charge is 2.42. The monoisotopic (exact) mass is 368 g/mol. The first-order valence-electron chi connectivity index (χ1n) is 8.75. The molecule has 7 heteroatoms. The smallest absolute Gasteiger partial charge is 0.256 e. The van der Waals surface area contributed by atoms with Crippen molar-refractivity contribution in [3.63, 3.8) is 0 Å². The van der Waals surface area contributed by atoms with E-state index in [1.165, 1.54) is 12.0 Å². The first-order chi connectivity index (χ1) is 13.1. The number of aliphatic hydroxyl groups excluding tert-OH is 1. The summed E-state index contributed by atoms with van der Waals surface area (Å²) < 4.78 is 11.3. The van der Waals surface area contributed by atoms with E-state index in [9.17, 15) is 14.7 Å². The summed E-state index contributed by atoms with van der Waals surface area (Å²) in [5.41, 5.74) is 1.70. The second-order valence-corrected chi connectivity index (χ2v) is 6.68. The summed E-state index contributed by atoms with van der Waals surface area (Å²) >= 11 is 0. The van der Waals surface area contributed by atoms with E-state index < -0.39 is 12.1 Å². The maximum atomic E-state index is 12.9. The molecule has 2 aromatic rings. The van der Waals surface area contributed by atoms with Gasteiger partial charge >= 0.3 is 0 Å². The molecule has 7 nitrogen and oxygen atoms in total. The van der Waals surface area contributed by atoms with Gasteiger partial charge in [0.25, 0.3) is 5.91 Å². The zero-order valence-electron chi connectivity index (χ0n) is 14.8. The van der Waals surface area contributed by atoms with Gasteiger partial charge in [0.2, 0.25) is 5.91 Å². The SMILES string of the molecule is COc1cc2c(cc1OCc1ccccc1)NC(=O)C1CC(O)CN1C2=O. The average molecular weight is 368 g/mol. The number of nitrogens with zero attached hydrogens (tertiary/aromatic N) is 1. The summed E-state index contributed by atoms with van der Waals surface area (Å²) in [6.45, 7) is 0.476. The van der Waals surface area contributed by atoms with Gasteiger partial charge in [-0.05, 0) is 11.6 Å². The van der Waals surface area contributed by atoms with E-state index >= 15 is 0 Å². The highest BCUT2D eigenvalue weighted by atomic mass is 16.5. The maximum absolute atomic E-state index is 12.9. The van der Waals surface area contributed by atoms with Crippen LogP contribution in [0.2, 0.25) is 0 Å². The Morgan fingerprint density at radius 3 is 2.70 bits per heavy atom. The van der Waals surface area contributed by atoms with Crippen LogP contribution in [0.25, 0.3) is 0 Å². The first-order valence-corrected chi connectivity index (χ1v) is 8.75. The fraction of sp³-hybridized carbons (Fsp3) is 0.300. The second-order valence-electron chi connectivity index (χ2n) is 6.68. The van der Waals surface area contributed by atoms with Crippen LogP contribution in [0.3, 0.4) is 0 Å². The third-order valence-electron chi connectivity index (χ3n) is 4.87. The number of methoxy groups -OCH3 is 1. The lowest BCUT2D eigenvalue weighted by Gasteiger charge is -2.20. The fourth-order valence-electron chi connectivity index (χ4n) is 3.51. The second kappa shape index (κ2) is 6.92. The minimum absolute atomic E-state index is 0.144. The Balaban J connectivity index is 1.66. The largest absolute Gasteiger partial charge is 0.493 e. The van der Waals surface area contributed by atoms with Crippen LogP contribution in [0.1, 0.15) is 22.3 Å². The minimum Gasteiger partial charge on any atom is -0.493 e. The van der Waals surface area contributed by atoms with Crippen LogP contribution in [0, 0.1) is 0 Å². The molecule has 2 aliphatic rings. The lowest BCUT2D eigenvalue weighted by Crippen LogP contribution is -2.40. The molecule has 2 N–H and O–H groups in total. The predicted octanol–water partition coefficient (Wildman–Crippen LogP) is 1.80.